The van der Waals surface area contributed by atoms with Gasteiger partial charge in [-0.3, -0.25) is 14.3 Å². The van der Waals surface area contributed by atoms with E-state index in [0.29, 0.717) is 31.1 Å². The van der Waals surface area contributed by atoms with E-state index in [4.69, 9.17) is 9.84 Å². The molecule has 7 heteroatoms. The first kappa shape index (κ1) is 22.4. The quantitative estimate of drug-likeness (QED) is 0.425. The maximum atomic E-state index is 12.7. The van der Waals surface area contributed by atoms with Crippen molar-refractivity contribution in [2.45, 2.75) is 19.5 Å². The van der Waals surface area contributed by atoms with Crippen LogP contribution in [-0.2, 0) is 22.7 Å². The van der Waals surface area contributed by atoms with E-state index < -0.39 is 0 Å². The average Bonchev–Trinajstić information content (AvgIpc) is 3.30. The first-order chi connectivity index (χ1) is 17.2. The number of nitrogens with zero attached hydrogens (tertiary/aromatic N) is 3. The second-order valence-electron chi connectivity index (χ2n) is 8.38. The van der Waals surface area contributed by atoms with E-state index in [1.807, 2.05) is 83.7 Å². The lowest BCUT2D eigenvalue weighted by atomic mass is 10.1. The molecule has 0 aliphatic carbocycles. The molecule has 1 aliphatic rings. The summed E-state index contributed by atoms with van der Waals surface area (Å²) in [6, 6.07) is 27.5. The van der Waals surface area contributed by atoms with Crippen LogP contribution in [0, 0.1) is 0 Å². The summed E-state index contributed by atoms with van der Waals surface area (Å²) < 4.78 is 7.38. The van der Waals surface area contributed by atoms with Gasteiger partial charge in [-0.1, -0.05) is 72.8 Å². The highest BCUT2D eigenvalue weighted by atomic mass is 16.5. The number of carbonyl (C=O) groups excluding carboxylic acids is 2. The zero-order valence-electron chi connectivity index (χ0n) is 19.3. The smallest absolute Gasteiger partial charge is 0.265 e. The fourth-order valence-corrected chi connectivity index (χ4v) is 4.18. The van der Waals surface area contributed by atoms with Crippen LogP contribution in [0.4, 0.5) is 5.69 Å². The molecule has 0 radical (unpaired) electrons. The number of ether oxygens (including phenoxy) is 1. The van der Waals surface area contributed by atoms with Crippen LogP contribution >= 0.6 is 0 Å². The number of aromatic nitrogens is 2. The zero-order chi connectivity index (χ0) is 24.0. The third-order valence-corrected chi connectivity index (χ3v) is 5.92. The summed E-state index contributed by atoms with van der Waals surface area (Å²) in [6.07, 6.45) is 2.18. The minimum Gasteiger partial charge on any atom is -0.482 e. The van der Waals surface area contributed by atoms with E-state index in [9.17, 15) is 9.59 Å². The summed E-state index contributed by atoms with van der Waals surface area (Å²) >= 11 is 0. The number of hydrogen-bond acceptors (Lipinski definition) is 4. The Balaban J connectivity index is 1.26. The number of para-hydroxylation sites is 2. The highest BCUT2D eigenvalue weighted by Gasteiger charge is 2.25. The van der Waals surface area contributed by atoms with Crippen LogP contribution < -0.4 is 15.0 Å². The Labute approximate surface area is 204 Å². The summed E-state index contributed by atoms with van der Waals surface area (Å²) in [4.78, 5) is 26.7. The highest BCUT2D eigenvalue weighted by Crippen LogP contribution is 2.31. The number of amides is 2. The summed E-state index contributed by atoms with van der Waals surface area (Å²) in [5.41, 5.74) is 4.64. The molecular weight excluding hydrogens is 440 g/mol. The van der Waals surface area contributed by atoms with Gasteiger partial charge in [-0.2, -0.15) is 5.10 Å². The van der Waals surface area contributed by atoms with E-state index in [2.05, 4.69) is 17.4 Å². The van der Waals surface area contributed by atoms with Crippen LogP contribution in [0.2, 0.25) is 0 Å². The van der Waals surface area contributed by atoms with Crippen molar-refractivity contribution in [1.82, 2.24) is 15.1 Å². The molecule has 7 nitrogen and oxygen atoms in total. The van der Waals surface area contributed by atoms with Gasteiger partial charge < -0.3 is 15.0 Å². The summed E-state index contributed by atoms with van der Waals surface area (Å²) in [5, 5.41) is 7.81. The van der Waals surface area contributed by atoms with Gasteiger partial charge in [0.1, 0.15) is 5.75 Å². The van der Waals surface area contributed by atoms with E-state index in [0.717, 1.165) is 22.4 Å². The van der Waals surface area contributed by atoms with Crippen LogP contribution in [0.25, 0.3) is 11.3 Å². The molecule has 2 amide bonds. The molecule has 176 valence electrons. The largest absolute Gasteiger partial charge is 0.482 e. The van der Waals surface area contributed by atoms with Gasteiger partial charge in [0.15, 0.2) is 6.61 Å². The molecule has 1 aliphatic heterocycles. The third-order valence-electron chi connectivity index (χ3n) is 5.92. The number of benzene rings is 3. The van der Waals surface area contributed by atoms with Crippen LogP contribution in [0.15, 0.2) is 91.1 Å². The predicted octanol–water partition coefficient (Wildman–Crippen LogP) is 4.03. The van der Waals surface area contributed by atoms with E-state index in [-0.39, 0.29) is 24.8 Å². The van der Waals surface area contributed by atoms with Crippen molar-refractivity contribution >= 4 is 17.5 Å². The molecule has 1 N–H and O–H groups in total. The molecule has 0 fully saturated rings. The number of nitrogens with one attached hydrogen (secondary N) is 1. The molecular formula is C28H26N4O3. The van der Waals surface area contributed by atoms with Crippen molar-refractivity contribution in [2.75, 3.05) is 18.1 Å². The molecule has 0 spiro atoms. The number of carbonyl (C=O) groups is 2. The van der Waals surface area contributed by atoms with E-state index >= 15 is 0 Å². The average molecular weight is 467 g/mol. The lowest BCUT2D eigenvalue weighted by Gasteiger charge is -2.29. The molecule has 0 unspecified atom stereocenters. The van der Waals surface area contributed by atoms with Gasteiger partial charge in [-0.25, -0.2) is 0 Å². The number of hydrogen-bond donors (Lipinski definition) is 1. The van der Waals surface area contributed by atoms with Crippen LogP contribution in [-0.4, -0.2) is 34.7 Å². The van der Waals surface area contributed by atoms with E-state index in [1.54, 1.807) is 4.90 Å². The van der Waals surface area contributed by atoms with Crippen molar-refractivity contribution in [3.8, 4) is 17.0 Å². The van der Waals surface area contributed by atoms with Crippen molar-refractivity contribution < 1.29 is 14.3 Å². The van der Waals surface area contributed by atoms with Gasteiger partial charge in [-0.15, -0.1) is 0 Å². The molecule has 3 aromatic carbocycles. The summed E-state index contributed by atoms with van der Waals surface area (Å²) in [5.74, 6) is 0.382. The fraction of sp³-hybridized carbons (Fsp3) is 0.179. The Morgan fingerprint density at radius 2 is 1.66 bits per heavy atom. The Hall–Kier alpha value is -4.39. The molecule has 2 heterocycles. The molecule has 1 aromatic heterocycles. The highest BCUT2D eigenvalue weighted by molar-refractivity contribution is 5.98. The van der Waals surface area contributed by atoms with Crippen molar-refractivity contribution in [3.63, 3.8) is 0 Å². The van der Waals surface area contributed by atoms with Gasteiger partial charge in [0.25, 0.3) is 5.91 Å². The standard InChI is InChI=1S/C28H26N4O3/c33-26(15-16-32-24-13-7-8-14-25(24)35-20-27(32)34)29-17-23-19-31(18-21-9-3-1-4-10-21)30-28(23)22-11-5-2-6-12-22/h1-14,19H,15-18,20H2,(H,29,33). The fourth-order valence-electron chi connectivity index (χ4n) is 4.18. The second-order valence-corrected chi connectivity index (χ2v) is 8.38. The first-order valence-corrected chi connectivity index (χ1v) is 11.6. The Morgan fingerprint density at radius 3 is 2.46 bits per heavy atom. The Kier molecular flexibility index (Phi) is 6.57. The first-order valence-electron chi connectivity index (χ1n) is 11.6. The van der Waals surface area contributed by atoms with Crippen LogP contribution in [0.5, 0.6) is 5.75 Å². The minimum absolute atomic E-state index is 0.0142. The molecule has 35 heavy (non-hydrogen) atoms. The van der Waals surface area contributed by atoms with Gasteiger partial charge in [0.05, 0.1) is 17.9 Å². The van der Waals surface area contributed by atoms with Gasteiger partial charge >= 0.3 is 0 Å². The number of rotatable bonds is 8. The maximum Gasteiger partial charge on any atom is 0.265 e. The molecule has 5 rings (SSSR count). The van der Waals surface area contributed by atoms with Gasteiger partial charge in [0.2, 0.25) is 5.91 Å². The zero-order valence-corrected chi connectivity index (χ0v) is 19.3. The molecule has 0 saturated heterocycles. The molecule has 0 atom stereocenters. The Morgan fingerprint density at radius 1 is 0.943 bits per heavy atom. The second kappa shape index (κ2) is 10.3. The summed E-state index contributed by atoms with van der Waals surface area (Å²) in [7, 11) is 0. The number of fused-ring (bicyclic) bond motifs is 1. The Bertz CT molecular complexity index is 1320. The van der Waals surface area contributed by atoms with Gasteiger partial charge in [0, 0.05) is 36.8 Å². The van der Waals surface area contributed by atoms with Crippen molar-refractivity contribution in [2.24, 2.45) is 0 Å². The van der Waals surface area contributed by atoms with Crippen LogP contribution in [0.1, 0.15) is 17.5 Å². The monoisotopic (exact) mass is 466 g/mol. The van der Waals surface area contributed by atoms with E-state index in [1.165, 1.54) is 0 Å². The normalized spacial score (nSPS) is 12.7. The third kappa shape index (κ3) is 5.24. The number of anilines is 1. The van der Waals surface area contributed by atoms with Crippen molar-refractivity contribution in [1.29, 1.82) is 0 Å². The SMILES string of the molecule is O=C(CCN1C(=O)COc2ccccc21)NCc1cn(Cc2ccccc2)nc1-c1ccccc1. The molecule has 4 aromatic rings. The molecule has 0 saturated carbocycles. The topological polar surface area (TPSA) is 76.5 Å². The summed E-state index contributed by atoms with van der Waals surface area (Å²) in [6.45, 7) is 1.28. The maximum absolute atomic E-state index is 12.7. The lowest BCUT2D eigenvalue weighted by Crippen LogP contribution is -2.41. The molecule has 0 bridgehead atoms. The van der Waals surface area contributed by atoms with Crippen molar-refractivity contribution in [3.05, 3.63) is 102 Å². The minimum atomic E-state index is -0.148. The van der Waals surface area contributed by atoms with Crippen LogP contribution in [0.3, 0.4) is 0 Å². The lowest BCUT2D eigenvalue weighted by molar-refractivity contribution is -0.122. The van der Waals surface area contributed by atoms with Gasteiger partial charge in [-0.05, 0) is 17.7 Å². The predicted molar refractivity (Wildman–Crippen MR) is 134 cm³/mol.